The van der Waals surface area contributed by atoms with Crippen LogP contribution in [0.2, 0.25) is 0 Å². The topological polar surface area (TPSA) is 43.1 Å². The number of nitrogens with two attached hydrogens (primary N) is 1. The van der Waals surface area contributed by atoms with Crippen LogP contribution in [0.5, 0.6) is 0 Å². The molecule has 0 saturated heterocycles. The van der Waals surface area contributed by atoms with Crippen LogP contribution in [0.15, 0.2) is 0 Å². The second-order valence-corrected chi connectivity index (χ2v) is 4.93. The third-order valence-electron chi connectivity index (χ3n) is 2.43. The molecule has 0 heterocycles. The van der Waals surface area contributed by atoms with E-state index in [0.717, 1.165) is 0 Å². The quantitative estimate of drug-likeness (QED) is 0.692. The Hall–Kier alpha value is 0.110. The largest absolute Gasteiger partial charge is 0.327 e. The molecule has 1 fully saturated rings. The minimum absolute atomic E-state index is 0.184. The molecule has 2 N–H and O–H groups in total. The molecule has 1 aliphatic rings. The molecule has 2 atom stereocenters. The van der Waals surface area contributed by atoms with E-state index in [-0.39, 0.29) is 6.04 Å². The summed E-state index contributed by atoms with van der Waals surface area (Å²) in [7, 11) is -0.717. The van der Waals surface area contributed by atoms with Crippen LogP contribution in [-0.2, 0) is 10.8 Å². The van der Waals surface area contributed by atoms with Crippen molar-refractivity contribution in [2.45, 2.75) is 31.7 Å². The molecular weight excluding hydrogens is 158 g/mol. The smallest absolute Gasteiger partial charge is 0.0386 e. The third-order valence-corrected chi connectivity index (χ3v) is 3.29. The van der Waals surface area contributed by atoms with E-state index in [1.807, 2.05) is 0 Å². The summed E-state index contributed by atoms with van der Waals surface area (Å²) in [6.07, 6.45) is 6.86. The number of rotatable bonds is 3. The Morgan fingerprint density at radius 3 is 2.55 bits per heavy atom. The van der Waals surface area contributed by atoms with Crippen LogP contribution in [0.4, 0.5) is 0 Å². The first kappa shape index (κ1) is 9.20. The van der Waals surface area contributed by atoms with E-state index in [4.69, 9.17) is 5.73 Å². The van der Waals surface area contributed by atoms with Crippen LogP contribution in [0.3, 0.4) is 0 Å². The minimum atomic E-state index is -0.717. The van der Waals surface area contributed by atoms with E-state index in [9.17, 15) is 4.21 Å². The highest BCUT2D eigenvalue weighted by Crippen LogP contribution is 2.26. The van der Waals surface area contributed by atoms with Crippen LogP contribution in [0, 0.1) is 5.92 Å². The predicted octanol–water partition coefficient (Wildman–Crippen LogP) is 0.882. The van der Waals surface area contributed by atoms with E-state index in [1.54, 1.807) is 6.26 Å². The Bertz CT molecular complexity index is 143. The van der Waals surface area contributed by atoms with Gasteiger partial charge >= 0.3 is 0 Å². The molecule has 1 rings (SSSR count). The molecule has 0 aromatic rings. The molecule has 1 aliphatic carbocycles. The van der Waals surface area contributed by atoms with Gasteiger partial charge < -0.3 is 5.73 Å². The van der Waals surface area contributed by atoms with Gasteiger partial charge in [0.1, 0.15) is 0 Å². The lowest BCUT2D eigenvalue weighted by atomic mass is 10.0. The van der Waals surface area contributed by atoms with E-state index < -0.39 is 10.8 Å². The first-order valence-electron chi connectivity index (χ1n) is 4.26. The monoisotopic (exact) mass is 175 g/mol. The van der Waals surface area contributed by atoms with Gasteiger partial charge in [0.25, 0.3) is 0 Å². The zero-order valence-electron chi connectivity index (χ0n) is 7.08. The predicted molar refractivity (Wildman–Crippen MR) is 48.9 cm³/mol. The minimum Gasteiger partial charge on any atom is -0.327 e. The van der Waals surface area contributed by atoms with Gasteiger partial charge in [-0.25, -0.2) is 0 Å². The number of hydrogen-bond acceptors (Lipinski definition) is 2. The molecule has 2 nitrogen and oxygen atoms in total. The van der Waals surface area contributed by atoms with E-state index >= 15 is 0 Å². The highest BCUT2D eigenvalue weighted by atomic mass is 32.2. The first-order chi connectivity index (χ1) is 5.20. The van der Waals surface area contributed by atoms with Crippen molar-refractivity contribution in [3.05, 3.63) is 0 Å². The summed E-state index contributed by atoms with van der Waals surface area (Å²) in [6, 6.07) is 0.184. The second-order valence-electron chi connectivity index (χ2n) is 3.45. The van der Waals surface area contributed by atoms with Gasteiger partial charge in [-0.05, 0) is 18.8 Å². The average Bonchev–Trinajstić information content (AvgIpc) is 2.35. The van der Waals surface area contributed by atoms with Gasteiger partial charge in [0, 0.05) is 28.9 Å². The lowest BCUT2D eigenvalue weighted by Crippen LogP contribution is -2.33. The highest BCUT2D eigenvalue weighted by molar-refractivity contribution is 7.84. The second kappa shape index (κ2) is 4.21. The fourth-order valence-corrected chi connectivity index (χ4v) is 2.61. The molecule has 1 saturated carbocycles. The Kier molecular flexibility index (Phi) is 3.52. The fraction of sp³-hybridized carbons (Fsp3) is 1.00. The van der Waals surface area contributed by atoms with E-state index in [2.05, 4.69) is 0 Å². The van der Waals surface area contributed by atoms with Crippen molar-refractivity contribution in [1.29, 1.82) is 0 Å². The molecule has 3 heteroatoms. The van der Waals surface area contributed by atoms with Crippen molar-refractivity contribution < 1.29 is 4.21 Å². The van der Waals surface area contributed by atoms with Crippen molar-refractivity contribution >= 4 is 10.8 Å². The Morgan fingerprint density at radius 1 is 1.55 bits per heavy atom. The Morgan fingerprint density at radius 2 is 2.09 bits per heavy atom. The van der Waals surface area contributed by atoms with Crippen molar-refractivity contribution in [2.75, 3.05) is 12.0 Å². The van der Waals surface area contributed by atoms with Crippen molar-refractivity contribution in [3.63, 3.8) is 0 Å². The maximum Gasteiger partial charge on any atom is 0.0386 e. The van der Waals surface area contributed by atoms with Gasteiger partial charge in [0.15, 0.2) is 0 Å². The molecule has 0 aromatic heterocycles. The van der Waals surface area contributed by atoms with Crippen LogP contribution >= 0.6 is 0 Å². The van der Waals surface area contributed by atoms with Gasteiger partial charge in [-0.15, -0.1) is 0 Å². The zero-order valence-corrected chi connectivity index (χ0v) is 7.90. The van der Waals surface area contributed by atoms with E-state index in [0.29, 0.717) is 11.7 Å². The third kappa shape index (κ3) is 2.91. The van der Waals surface area contributed by atoms with Crippen molar-refractivity contribution in [1.82, 2.24) is 0 Å². The van der Waals surface area contributed by atoms with Gasteiger partial charge in [-0.3, -0.25) is 4.21 Å². The maximum atomic E-state index is 10.8. The Labute approximate surface area is 71.0 Å². The normalized spacial score (nSPS) is 25.3. The molecule has 0 spiro atoms. The molecule has 0 bridgehead atoms. The SMILES string of the molecule is CS(=O)CC(N)C1CCCC1. The van der Waals surface area contributed by atoms with Crippen molar-refractivity contribution in [3.8, 4) is 0 Å². The summed E-state index contributed by atoms with van der Waals surface area (Å²) in [5.74, 6) is 1.34. The average molecular weight is 175 g/mol. The van der Waals surface area contributed by atoms with Gasteiger partial charge in [0.2, 0.25) is 0 Å². The summed E-state index contributed by atoms with van der Waals surface area (Å²) in [6.45, 7) is 0. The highest BCUT2D eigenvalue weighted by Gasteiger charge is 2.22. The zero-order chi connectivity index (χ0) is 8.27. The molecule has 0 aliphatic heterocycles. The Balaban J connectivity index is 2.28. The van der Waals surface area contributed by atoms with Crippen LogP contribution in [0.1, 0.15) is 25.7 Å². The molecular formula is C8H17NOS. The van der Waals surface area contributed by atoms with Crippen LogP contribution < -0.4 is 5.73 Å². The summed E-state index contributed by atoms with van der Waals surface area (Å²) >= 11 is 0. The van der Waals surface area contributed by atoms with Gasteiger partial charge in [0.05, 0.1) is 0 Å². The summed E-state index contributed by atoms with van der Waals surface area (Å²) in [4.78, 5) is 0. The molecule has 0 amide bonds. The number of hydrogen-bond donors (Lipinski definition) is 1. The summed E-state index contributed by atoms with van der Waals surface area (Å²) in [5, 5.41) is 0. The van der Waals surface area contributed by atoms with Gasteiger partial charge in [-0.2, -0.15) is 0 Å². The standard InChI is InChI=1S/C8H17NOS/c1-11(10)6-8(9)7-4-2-3-5-7/h7-8H,2-6,9H2,1H3. The van der Waals surface area contributed by atoms with Crippen molar-refractivity contribution in [2.24, 2.45) is 11.7 Å². The fourth-order valence-electron chi connectivity index (χ4n) is 1.79. The van der Waals surface area contributed by atoms with Gasteiger partial charge in [-0.1, -0.05) is 12.8 Å². The van der Waals surface area contributed by atoms with Crippen LogP contribution in [0.25, 0.3) is 0 Å². The first-order valence-corrected chi connectivity index (χ1v) is 5.98. The van der Waals surface area contributed by atoms with Crippen LogP contribution in [-0.4, -0.2) is 22.3 Å². The molecule has 0 aromatic carbocycles. The summed E-state index contributed by atoms with van der Waals surface area (Å²) in [5.41, 5.74) is 5.89. The van der Waals surface area contributed by atoms with E-state index in [1.165, 1.54) is 25.7 Å². The lowest BCUT2D eigenvalue weighted by Gasteiger charge is -2.16. The summed E-state index contributed by atoms with van der Waals surface area (Å²) < 4.78 is 10.8. The molecule has 11 heavy (non-hydrogen) atoms. The molecule has 66 valence electrons. The lowest BCUT2D eigenvalue weighted by molar-refractivity contribution is 0.460. The molecule has 0 radical (unpaired) electrons. The molecule has 2 unspecified atom stereocenters. The maximum absolute atomic E-state index is 10.8.